The Balaban J connectivity index is 1.41. The van der Waals surface area contributed by atoms with Crippen LogP contribution in [-0.2, 0) is 24.2 Å². The Labute approximate surface area is 223 Å². The van der Waals surface area contributed by atoms with Gasteiger partial charge in [-0.15, -0.1) is 5.10 Å². The number of fused-ring (bicyclic) bond motifs is 1. The lowest BCUT2D eigenvalue weighted by atomic mass is 10.1. The number of aromatic amines is 1. The summed E-state index contributed by atoms with van der Waals surface area (Å²) in [6.45, 7) is 10.5. The van der Waals surface area contributed by atoms with Gasteiger partial charge in [-0.05, 0) is 59.3 Å². The molecule has 9 heteroatoms. The number of morpholine rings is 1. The molecule has 1 saturated heterocycles. The normalized spacial score (nSPS) is 15.3. The molecule has 0 unspecified atom stereocenters. The van der Waals surface area contributed by atoms with Gasteiger partial charge in [-0.25, -0.2) is 4.68 Å². The summed E-state index contributed by atoms with van der Waals surface area (Å²) in [6, 6.07) is 18.5. The van der Waals surface area contributed by atoms with Crippen molar-refractivity contribution in [3.63, 3.8) is 0 Å². The molecule has 2 aromatic heterocycles. The van der Waals surface area contributed by atoms with E-state index in [0.29, 0.717) is 13.1 Å². The summed E-state index contributed by atoms with van der Waals surface area (Å²) >= 11 is 0. The third-order valence-corrected chi connectivity index (χ3v) is 7.40. The number of tetrazole rings is 1. The highest BCUT2D eigenvalue weighted by atomic mass is 16.5. The highest BCUT2D eigenvalue weighted by Gasteiger charge is 2.26. The Morgan fingerprint density at radius 3 is 2.68 bits per heavy atom. The van der Waals surface area contributed by atoms with Crippen molar-refractivity contribution in [3.05, 3.63) is 87.5 Å². The monoisotopic (exact) mass is 515 g/mol. The van der Waals surface area contributed by atoms with E-state index in [1.165, 1.54) is 11.1 Å². The van der Waals surface area contributed by atoms with E-state index < -0.39 is 0 Å². The number of aromatic nitrogens is 5. The van der Waals surface area contributed by atoms with Gasteiger partial charge in [0.2, 0.25) is 0 Å². The maximum absolute atomic E-state index is 13.1. The summed E-state index contributed by atoms with van der Waals surface area (Å²) in [5.41, 5.74) is 4.00. The van der Waals surface area contributed by atoms with E-state index in [9.17, 15) is 4.79 Å². The highest BCUT2D eigenvalue weighted by Crippen LogP contribution is 2.25. The first kappa shape index (κ1) is 26.2. The fourth-order valence-corrected chi connectivity index (χ4v) is 5.24. The van der Waals surface area contributed by atoms with Crippen LogP contribution in [0.5, 0.6) is 0 Å². The number of hydrogen-bond donors (Lipinski definition) is 1. The molecule has 0 spiro atoms. The largest absolute Gasteiger partial charge is 0.379 e. The van der Waals surface area contributed by atoms with E-state index in [1.807, 2.05) is 28.9 Å². The molecule has 0 radical (unpaired) electrons. The second-order valence-corrected chi connectivity index (χ2v) is 10.1. The Morgan fingerprint density at radius 1 is 1.08 bits per heavy atom. The molecule has 4 aromatic rings. The zero-order valence-corrected chi connectivity index (χ0v) is 22.3. The van der Waals surface area contributed by atoms with E-state index in [4.69, 9.17) is 4.74 Å². The average molecular weight is 516 g/mol. The summed E-state index contributed by atoms with van der Waals surface area (Å²) in [4.78, 5) is 21.0. The number of hydrogen-bond acceptors (Lipinski definition) is 7. The minimum absolute atomic E-state index is 0.0191. The topological polar surface area (TPSA) is 92.2 Å². The molecule has 3 heterocycles. The standard InChI is InChI=1S/C29H37N7O2/c1-3-27(28-31-32-33-36(28)12-11-23-7-5-4-6-8-23)35(14-13-34-15-17-38-18-16-34)21-25-20-24-19-22(2)9-10-26(24)30-29(25)37/h4-10,19-20,27H,3,11-18,21H2,1-2H3,(H,30,37)/t27-/m1/s1. The summed E-state index contributed by atoms with van der Waals surface area (Å²) in [6.07, 6.45) is 1.69. The van der Waals surface area contributed by atoms with Crippen molar-refractivity contribution in [2.45, 2.75) is 45.8 Å². The van der Waals surface area contributed by atoms with Crippen molar-refractivity contribution < 1.29 is 4.74 Å². The first-order valence-corrected chi connectivity index (χ1v) is 13.6. The third kappa shape index (κ3) is 6.35. The predicted molar refractivity (Wildman–Crippen MR) is 148 cm³/mol. The first-order chi connectivity index (χ1) is 18.6. The van der Waals surface area contributed by atoms with Crippen LogP contribution in [0.4, 0.5) is 0 Å². The first-order valence-electron chi connectivity index (χ1n) is 13.6. The SMILES string of the molecule is CC[C@H](c1nnnn1CCc1ccccc1)N(CCN1CCOCC1)Cc1cc2cc(C)ccc2[nH]c1=O. The lowest BCUT2D eigenvalue weighted by Gasteiger charge is -2.33. The van der Waals surface area contributed by atoms with Crippen LogP contribution in [0.1, 0.15) is 41.9 Å². The Bertz CT molecular complexity index is 1380. The van der Waals surface area contributed by atoms with Gasteiger partial charge in [-0.2, -0.15) is 0 Å². The van der Waals surface area contributed by atoms with Crippen LogP contribution >= 0.6 is 0 Å². The third-order valence-electron chi connectivity index (χ3n) is 7.40. The highest BCUT2D eigenvalue weighted by molar-refractivity contribution is 5.79. The van der Waals surface area contributed by atoms with Crippen molar-refractivity contribution in [2.24, 2.45) is 0 Å². The molecule has 1 N–H and O–H groups in total. The second-order valence-electron chi connectivity index (χ2n) is 10.1. The smallest absolute Gasteiger partial charge is 0.252 e. The van der Waals surface area contributed by atoms with E-state index >= 15 is 0 Å². The Morgan fingerprint density at radius 2 is 1.89 bits per heavy atom. The molecule has 2 aromatic carbocycles. The van der Waals surface area contributed by atoms with Gasteiger partial charge in [0.05, 0.1) is 19.3 Å². The minimum atomic E-state index is -0.0451. The molecule has 0 saturated carbocycles. The number of benzene rings is 2. The number of H-pyrrole nitrogens is 1. The molecular formula is C29H37N7O2. The molecule has 1 atom stereocenters. The van der Waals surface area contributed by atoms with Crippen molar-refractivity contribution in [3.8, 4) is 0 Å². The van der Waals surface area contributed by atoms with Gasteiger partial charge in [0.25, 0.3) is 5.56 Å². The van der Waals surface area contributed by atoms with Crippen molar-refractivity contribution in [1.29, 1.82) is 0 Å². The fraction of sp³-hybridized carbons (Fsp3) is 0.448. The van der Waals surface area contributed by atoms with Crippen LogP contribution in [-0.4, -0.2) is 74.4 Å². The number of nitrogens with one attached hydrogen (secondary N) is 1. The molecular weight excluding hydrogens is 478 g/mol. The molecule has 0 amide bonds. The molecule has 1 aliphatic rings. The Kier molecular flexibility index (Phi) is 8.58. The Hall–Kier alpha value is -3.40. The van der Waals surface area contributed by atoms with Crippen LogP contribution in [0.25, 0.3) is 10.9 Å². The van der Waals surface area contributed by atoms with E-state index in [-0.39, 0.29) is 11.6 Å². The van der Waals surface area contributed by atoms with Gasteiger partial charge in [0.1, 0.15) is 0 Å². The molecule has 1 aliphatic heterocycles. The van der Waals surface area contributed by atoms with Crippen LogP contribution < -0.4 is 5.56 Å². The van der Waals surface area contributed by atoms with Gasteiger partial charge in [-0.3, -0.25) is 14.6 Å². The second kappa shape index (κ2) is 12.4. The maximum Gasteiger partial charge on any atom is 0.252 e. The van der Waals surface area contributed by atoms with E-state index in [0.717, 1.165) is 74.5 Å². The lowest BCUT2D eigenvalue weighted by Crippen LogP contribution is -2.43. The van der Waals surface area contributed by atoms with Gasteiger partial charge < -0.3 is 9.72 Å². The predicted octanol–water partition coefficient (Wildman–Crippen LogP) is 3.35. The van der Waals surface area contributed by atoms with Crippen LogP contribution in [0, 0.1) is 6.92 Å². The molecule has 9 nitrogen and oxygen atoms in total. The molecule has 200 valence electrons. The minimum Gasteiger partial charge on any atom is -0.379 e. The van der Waals surface area contributed by atoms with Crippen LogP contribution in [0.3, 0.4) is 0 Å². The van der Waals surface area contributed by atoms with Crippen molar-refractivity contribution in [2.75, 3.05) is 39.4 Å². The van der Waals surface area contributed by atoms with Crippen molar-refractivity contribution >= 4 is 10.9 Å². The zero-order chi connectivity index (χ0) is 26.3. The quantitative estimate of drug-likeness (QED) is 0.328. The molecule has 0 bridgehead atoms. The van der Waals surface area contributed by atoms with Crippen LogP contribution in [0.15, 0.2) is 59.4 Å². The summed E-state index contributed by atoms with van der Waals surface area (Å²) in [7, 11) is 0. The molecule has 1 fully saturated rings. The lowest BCUT2D eigenvalue weighted by molar-refractivity contribution is 0.0291. The zero-order valence-electron chi connectivity index (χ0n) is 22.3. The maximum atomic E-state index is 13.1. The summed E-state index contributed by atoms with van der Waals surface area (Å²) in [5, 5.41) is 13.9. The number of pyridine rings is 1. The average Bonchev–Trinajstić information content (AvgIpc) is 3.41. The molecule has 38 heavy (non-hydrogen) atoms. The molecule has 0 aliphatic carbocycles. The van der Waals surface area contributed by atoms with Crippen molar-refractivity contribution in [1.82, 2.24) is 35.0 Å². The van der Waals surface area contributed by atoms with Crippen LogP contribution in [0.2, 0.25) is 0 Å². The van der Waals surface area contributed by atoms with Gasteiger partial charge in [0.15, 0.2) is 5.82 Å². The summed E-state index contributed by atoms with van der Waals surface area (Å²) < 4.78 is 7.47. The number of ether oxygens (including phenoxy) is 1. The number of rotatable bonds is 11. The number of aryl methyl sites for hydroxylation is 3. The van der Waals surface area contributed by atoms with Gasteiger partial charge in [-0.1, -0.05) is 48.9 Å². The fourth-order valence-electron chi connectivity index (χ4n) is 5.24. The molecule has 5 rings (SSSR count). The van der Waals surface area contributed by atoms with E-state index in [1.54, 1.807) is 0 Å². The summed E-state index contributed by atoms with van der Waals surface area (Å²) in [5.74, 6) is 0.846. The van der Waals surface area contributed by atoms with Gasteiger partial charge >= 0.3 is 0 Å². The number of nitrogens with zero attached hydrogens (tertiary/aromatic N) is 6. The van der Waals surface area contributed by atoms with Gasteiger partial charge in [0, 0.05) is 50.3 Å². The van der Waals surface area contributed by atoms with E-state index in [2.05, 4.69) is 74.5 Å².